The van der Waals surface area contributed by atoms with Gasteiger partial charge in [0, 0.05) is 29.2 Å². The monoisotopic (exact) mass is 526 g/mol. The van der Waals surface area contributed by atoms with E-state index in [9.17, 15) is 18.4 Å². The van der Waals surface area contributed by atoms with Crippen molar-refractivity contribution >= 4 is 12.3 Å². The van der Waals surface area contributed by atoms with Crippen molar-refractivity contribution in [2.24, 2.45) is 0 Å². The molecular weight excluding hydrogens is 494 g/mol. The van der Waals surface area contributed by atoms with E-state index < -0.39 is 30.5 Å². The quantitative estimate of drug-likeness (QED) is 0.323. The molecule has 3 rings (SSSR count). The number of urea groups is 1. The Labute approximate surface area is 221 Å². The van der Waals surface area contributed by atoms with Crippen molar-refractivity contribution in [2.75, 3.05) is 28.0 Å². The summed E-state index contributed by atoms with van der Waals surface area (Å²) in [5.74, 6) is 0.902. The summed E-state index contributed by atoms with van der Waals surface area (Å²) < 4.78 is 45.6. The number of hydrogen-bond donors (Lipinski definition) is 1. The molecule has 0 aliphatic rings. The average molecular weight is 527 g/mol. The Morgan fingerprint density at radius 3 is 2.16 bits per heavy atom. The Kier molecular flexibility index (Phi) is 9.65. The summed E-state index contributed by atoms with van der Waals surface area (Å²) in [6.45, 7) is 0.857. The Morgan fingerprint density at radius 2 is 1.58 bits per heavy atom. The van der Waals surface area contributed by atoms with E-state index in [-0.39, 0.29) is 18.7 Å². The van der Waals surface area contributed by atoms with Crippen LogP contribution < -0.4 is 19.5 Å². The SMILES string of the molecule is COc1ccc(CN(Cc2ccc(C)cc2OC)C(=O)N[C@@](CF)(CC=O)c2ccccc2F)c(OC)c1. The fourth-order valence-electron chi connectivity index (χ4n) is 4.24. The fraction of sp³-hybridized carbons (Fsp3) is 0.310. The van der Waals surface area contributed by atoms with Crippen molar-refractivity contribution in [3.63, 3.8) is 0 Å². The number of halogens is 2. The van der Waals surface area contributed by atoms with Gasteiger partial charge in [0.05, 0.1) is 34.4 Å². The van der Waals surface area contributed by atoms with Crippen LogP contribution in [-0.2, 0) is 23.4 Å². The summed E-state index contributed by atoms with van der Waals surface area (Å²) in [5.41, 5.74) is 0.330. The molecule has 3 aromatic carbocycles. The fourth-order valence-corrected chi connectivity index (χ4v) is 4.24. The van der Waals surface area contributed by atoms with Gasteiger partial charge < -0.3 is 29.2 Å². The number of amides is 2. The number of ether oxygens (including phenoxy) is 3. The van der Waals surface area contributed by atoms with Crippen LogP contribution in [0.15, 0.2) is 60.7 Å². The van der Waals surface area contributed by atoms with Crippen LogP contribution in [0.2, 0.25) is 0 Å². The number of nitrogens with one attached hydrogen (secondary N) is 1. The lowest BCUT2D eigenvalue weighted by Gasteiger charge is -2.34. The molecule has 0 aromatic heterocycles. The zero-order chi connectivity index (χ0) is 27.7. The van der Waals surface area contributed by atoms with Gasteiger partial charge in [-0.3, -0.25) is 0 Å². The molecule has 202 valence electrons. The maximum Gasteiger partial charge on any atom is 0.318 e. The Balaban J connectivity index is 2.05. The molecule has 0 saturated heterocycles. The highest BCUT2D eigenvalue weighted by molar-refractivity contribution is 5.76. The minimum Gasteiger partial charge on any atom is -0.497 e. The van der Waals surface area contributed by atoms with E-state index in [4.69, 9.17) is 14.2 Å². The molecule has 0 aliphatic heterocycles. The largest absolute Gasteiger partial charge is 0.497 e. The predicted molar refractivity (Wildman–Crippen MR) is 140 cm³/mol. The minimum absolute atomic E-state index is 0.0523. The van der Waals surface area contributed by atoms with Crippen molar-refractivity contribution in [2.45, 2.75) is 32.0 Å². The van der Waals surface area contributed by atoms with Crippen LogP contribution in [0.3, 0.4) is 0 Å². The number of aldehydes is 1. The number of carbonyl (C=O) groups excluding carboxylic acids is 2. The Bertz CT molecular complexity index is 1270. The second-order valence-corrected chi connectivity index (χ2v) is 8.85. The third-order valence-corrected chi connectivity index (χ3v) is 6.34. The summed E-state index contributed by atoms with van der Waals surface area (Å²) in [6.07, 6.45) is 0.00979. The van der Waals surface area contributed by atoms with Crippen LogP contribution in [0.4, 0.5) is 13.6 Å². The van der Waals surface area contributed by atoms with Gasteiger partial charge in [0.2, 0.25) is 0 Å². The molecule has 0 radical (unpaired) electrons. The van der Waals surface area contributed by atoms with Gasteiger partial charge in [0.1, 0.15) is 41.6 Å². The second kappa shape index (κ2) is 12.9. The summed E-state index contributed by atoms with van der Waals surface area (Å²) in [4.78, 5) is 26.8. The van der Waals surface area contributed by atoms with Crippen molar-refractivity contribution in [1.82, 2.24) is 10.2 Å². The van der Waals surface area contributed by atoms with E-state index in [1.807, 2.05) is 25.1 Å². The van der Waals surface area contributed by atoms with Gasteiger partial charge in [0.25, 0.3) is 0 Å². The lowest BCUT2D eigenvalue weighted by molar-refractivity contribution is -0.109. The van der Waals surface area contributed by atoms with E-state index in [1.165, 1.54) is 44.4 Å². The lowest BCUT2D eigenvalue weighted by atomic mass is 9.88. The number of alkyl halides is 1. The van der Waals surface area contributed by atoms with E-state index in [1.54, 1.807) is 18.2 Å². The highest BCUT2D eigenvalue weighted by Crippen LogP contribution is 2.31. The molecule has 1 N–H and O–H groups in total. The summed E-state index contributed by atoms with van der Waals surface area (Å²) >= 11 is 0. The van der Waals surface area contributed by atoms with E-state index in [0.29, 0.717) is 34.7 Å². The van der Waals surface area contributed by atoms with Gasteiger partial charge in [0.15, 0.2) is 0 Å². The highest BCUT2D eigenvalue weighted by atomic mass is 19.1. The van der Waals surface area contributed by atoms with Gasteiger partial charge >= 0.3 is 6.03 Å². The van der Waals surface area contributed by atoms with Crippen molar-refractivity contribution in [3.8, 4) is 17.2 Å². The van der Waals surface area contributed by atoms with Crippen LogP contribution >= 0.6 is 0 Å². The summed E-state index contributed by atoms with van der Waals surface area (Å²) in [6, 6.07) is 15.6. The van der Waals surface area contributed by atoms with E-state index in [2.05, 4.69) is 5.32 Å². The molecule has 0 aliphatic carbocycles. The highest BCUT2D eigenvalue weighted by Gasteiger charge is 2.38. The normalized spacial score (nSPS) is 12.3. The first-order valence-electron chi connectivity index (χ1n) is 12.0. The molecule has 0 unspecified atom stereocenters. The topological polar surface area (TPSA) is 77.1 Å². The maximum atomic E-state index is 14.8. The molecule has 1 atom stereocenters. The molecule has 38 heavy (non-hydrogen) atoms. The zero-order valence-electron chi connectivity index (χ0n) is 21.9. The van der Waals surface area contributed by atoms with Crippen LogP contribution in [0.25, 0.3) is 0 Å². The number of rotatable bonds is 12. The molecular formula is C29H32F2N2O5. The minimum atomic E-state index is -1.89. The van der Waals surface area contributed by atoms with Crippen molar-refractivity contribution < 1.29 is 32.6 Å². The molecule has 2 amide bonds. The Hall–Kier alpha value is -4.14. The summed E-state index contributed by atoms with van der Waals surface area (Å²) in [5, 5.41) is 2.62. The standard InChI is InChI=1S/C29H32F2N2O5/c1-20-9-10-21(26(15-20)37-3)17-33(18-22-11-12-23(36-2)16-27(22)38-4)28(35)32-29(19-30,13-14-34)24-7-5-6-8-25(24)31/h5-12,14-16H,13,17-19H2,1-4H3,(H,32,35)/t29-/m1/s1. The molecule has 3 aromatic rings. The van der Waals surface area contributed by atoms with Gasteiger partial charge in [-0.25, -0.2) is 13.6 Å². The molecule has 0 fully saturated rings. The number of methoxy groups -OCH3 is 3. The first kappa shape index (κ1) is 28.4. The predicted octanol–water partition coefficient (Wildman–Crippen LogP) is 5.33. The van der Waals surface area contributed by atoms with Crippen LogP contribution in [-0.4, -0.2) is 45.2 Å². The van der Waals surface area contributed by atoms with Crippen LogP contribution in [0.5, 0.6) is 17.2 Å². The first-order valence-corrected chi connectivity index (χ1v) is 12.0. The molecule has 0 saturated carbocycles. The van der Waals surface area contributed by atoms with Crippen molar-refractivity contribution in [3.05, 3.63) is 88.7 Å². The smallest absolute Gasteiger partial charge is 0.318 e. The third kappa shape index (κ3) is 6.40. The van der Waals surface area contributed by atoms with Crippen LogP contribution in [0.1, 0.15) is 28.7 Å². The molecule has 0 bridgehead atoms. The first-order chi connectivity index (χ1) is 18.3. The molecule has 7 nitrogen and oxygen atoms in total. The Morgan fingerprint density at radius 1 is 0.947 bits per heavy atom. The van der Waals surface area contributed by atoms with Gasteiger partial charge in [-0.15, -0.1) is 0 Å². The van der Waals surface area contributed by atoms with Crippen LogP contribution in [0, 0.1) is 12.7 Å². The van der Waals surface area contributed by atoms with Gasteiger partial charge in [-0.1, -0.05) is 30.3 Å². The second-order valence-electron chi connectivity index (χ2n) is 8.85. The molecule has 0 heterocycles. The summed E-state index contributed by atoms with van der Waals surface area (Å²) in [7, 11) is 4.57. The third-order valence-electron chi connectivity index (χ3n) is 6.34. The zero-order valence-corrected chi connectivity index (χ0v) is 21.9. The number of nitrogens with zero attached hydrogens (tertiary/aromatic N) is 1. The van der Waals surface area contributed by atoms with Gasteiger partial charge in [-0.2, -0.15) is 0 Å². The lowest BCUT2D eigenvalue weighted by Crippen LogP contribution is -2.53. The van der Waals surface area contributed by atoms with E-state index >= 15 is 0 Å². The van der Waals surface area contributed by atoms with E-state index in [0.717, 1.165) is 11.6 Å². The van der Waals surface area contributed by atoms with Crippen molar-refractivity contribution in [1.29, 1.82) is 0 Å². The molecule has 9 heteroatoms. The number of aryl methyl sites for hydroxylation is 1. The van der Waals surface area contributed by atoms with Gasteiger partial charge in [-0.05, 0) is 36.8 Å². The average Bonchev–Trinajstić information content (AvgIpc) is 2.93. The maximum absolute atomic E-state index is 14.8. The number of benzene rings is 3. The molecule has 0 spiro atoms. The number of carbonyl (C=O) groups is 2. The number of hydrogen-bond acceptors (Lipinski definition) is 5.